The van der Waals surface area contributed by atoms with Crippen LogP contribution in [0.4, 0.5) is 0 Å². The number of phenols is 2. The first kappa shape index (κ1) is 16.3. The van der Waals surface area contributed by atoms with Gasteiger partial charge in [-0.1, -0.05) is 6.07 Å². The van der Waals surface area contributed by atoms with Gasteiger partial charge in [0.15, 0.2) is 0 Å². The average Bonchev–Trinajstić information content (AvgIpc) is 3.07. The highest BCUT2D eigenvalue weighted by Gasteiger charge is 2.29. The Morgan fingerprint density at radius 1 is 1.12 bits per heavy atom. The Hall–Kier alpha value is -2.54. The van der Waals surface area contributed by atoms with Crippen LogP contribution < -0.4 is 5.01 Å². The third-order valence-electron chi connectivity index (χ3n) is 4.42. The molecule has 0 spiro atoms. The zero-order chi connectivity index (χ0) is 17.3. The van der Waals surface area contributed by atoms with Crippen LogP contribution in [0.15, 0.2) is 24.3 Å². The molecule has 2 heterocycles. The molecule has 7 heteroatoms. The van der Waals surface area contributed by atoms with E-state index in [1.807, 2.05) is 5.01 Å². The second-order valence-electron chi connectivity index (χ2n) is 6.07. The normalized spacial score (nSPS) is 17.5. The van der Waals surface area contributed by atoms with Crippen LogP contribution in [0.5, 0.6) is 23.3 Å². The zero-order valence-corrected chi connectivity index (χ0v) is 13.5. The first-order valence-corrected chi connectivity index (χ1v) is 7.90. The van der Waals surface area contributed by atoms with Crippen molar-refractivity contribution < 1.29 is 25.2 Å². The van der Waals surface area contributed by atoms with Gasteiger partial charge in [-0.3, -0.25) is 0 Å². The predicted octanol–water partition coefficient (Wildman–Crippen LogP) is 1.65. The first-order chi connectivity index (χ1) is 11.5. The van der Waals surface area contributed by atoms with E-state index in [4.69, 9.17) is 4.74 Å². The minimum atomic E-state index is -0.0555. The van der Waals surface area contributed by atoms with Crippen molar-refractivity contribution in [2.45, 2.75) is 25.3 Å². The monoisotopic (exact) mass is 334 g/mol. The summed E-state index contributed by atoms with van der Waals surface area (Å²) in [5.74, 6) is -0.188. The first-order valence-electron chi connectivity index (χ1n) is 7.90. The summed E-state index contributed by atoms with van der Waals surface area (Å²) < 4.78 is 6.62. The summed E-state index contributed by atoms with van der Waals surface area (Å²) in [4.78, 5) is 0. The minimum Gasteiger partial charge on any atom is -0.508 e. The molecule has 1 fully saturated rings. The van der Waals surface area contributed by atoms with E-state index < -0.39 is 0 Å². The fourth-order valence-corrected chi connectivity index (χ4v) is 3.26. The third kappa shape index (κ3) is 2.94. The quantitative estimate of drug-likeness (QED) is 0.664. The number of methoxy groups -OCH3 is 1. The second kappa shape index (κ2) is 6.52. The molecule has 0 bridgehead atoms. The molecule has 1 aliphatic heterocycles. The van der Waals surface area contributed by atoms with E-state index in [2.05, 4.69) is 0 Å². The zero-order valence-electron chi connectivity index (χ0n) is 13.5. The van der Waals surface area contributed by atoms with Gasteiger partial charge in [-0.05, 0) is 24.5 Å². The van der Waals surface area contributed by atoms with Crippen molar-refractivity contribution in [1.29, 1.82) is 0 Å². The van der Waals surface area contributed by atoms with Gasteiger partial charge in [0.1, 0.15) is 11.5 Å². The summed E-state index contributed by atoms with van der Waals surface area (Å²) >= 11 is 0. The molecule has 2 aromatic rings. The number of hydrogen-bond donors (Lipinski definition) is 4. The van der Waals surface area contributed by atoms with Gasteiger partial charge in [-0.25, -0.2) is 0 Å². The molecule has 0 aliphatic carbocycles. The van der Waals surface area contributed by atoms with Crippen LogP contribution in [0.2, 0.25) is 0 Å². The van der Waals surface area contributed by atoms with E-state index in [-0.39, 0.29) is 35.7 Å². The van der Waals surface area contributed by atoms with Crippen molar-refractivity contribution >= 4 is 0 Å². The fourth-order valence-electron chi connectivity index (χ4n) is 3.26. The molecule has 24 heavy (non-hydrogen) atoms. The molecule has 0 saturated carbocycles. The van der Waals surface area contributed by atoms with Crippen LogP contribution in [0.1, 0.15) is 24.0 Å². The van der Waals surface area contributed by atoms with Gasteiger partial charge in [-0.2, -0.15) is 4.68 Å². The Bertz CT molecular complexity index is 728. The largest absolute Gasteiger partial charge is 0.508 e. The average molecular weight is 334 g/mol. The molecular weight excluding hydrogens is 312 g/mol. The van der Waals surface area contributed by atoms with E-state index in [0.717, 1.165) is 12.8 Å². The summed E-state index contributed by atoms with van der Waals surface area (Å²) in [6, 6.07) is 5.89. The highest BCUT2D eigenvalue weighted by atomic mass is 16.5. The standard InChI is InChI=1S/C17H22N2O5/c1-24-10-13-3-2-6-18(13)19-16(22)8-12(17(19)23)7-11-4-5-14(20)9-15(11)21/h4-5,8-9,13,20-23H,2-3,6-7,10H2,1H3. The lowest BCUT2D eigenvalue weighted by atomic mass is 10.1. The summed E-state index contributed by atoms with van der Waals surface area (Å²) in [6.45, 7) is 1.23. The molecule has 130 valence electrons. The lowest BCUT2D eigenvalue weighted by Gasteiger charge is -2.28. The summed E-state index contributed by atoms with van der Waals surface area (Å²) in [5, 5.41) is 42.0. The predicted molar refractivity (Wildman–Crippen MR) is 88.3 cm³/mol. The minimum absolute atomic E-state index is 0.0274. The summed E-state index contributed by atoms with van der Waals surface area (Å²) in [7, 11) is 1.63. The van der Waals surface area contributed by atoms with Crippen LogP contribution in [0.3, 0.4) is 0 Å². The Kier molecular flexibility index (Phi) is 4.44. The number of phenolic OH excluding ortho intramolecular Hbond substituents is 2. The smallest absolute Gasteiger partial charge is 0.217 e. The Morgan fingerprint density at radius 3 is 2.62 bits per heavy atom. The maximum atomic E-state index is 10.6. The molecule has 0 amide bonds. The number of ether oxygens (including phenoxy) is 1. The van der Waals surface area contributed by atoms with Crippen molar-refractivity contribution in [3.05, 3.63) is 35.4 Å². The van der Waals surface area contributed by atoms with Gasteiger partial charge in [0.25, 0.3) is 0 Å². The Morgan fingerprint density at radius 2 is 1.92 bits per heavy atom. The maximum absolute atomic E-state index is 10.6. The van der Waals surface area contributed by atoms with Gasteiger partial charge in [0, 0.05) is 37.8 Å². The van der Waals surface area contributed by atoms with Gasteiger partial charge in [-0.15, -0.1) is 0 Å². The van der Waals surface area contributed by atoms with Crippen LogP contribution in [-0.2, 0) is 11.2 Å². The van der Waals surface area contributed by atoms with Crippen LogP contribution in [0.25, 0.3) is 0 Å². The van der Waals surface area contributed by atoms with E-state index >= 15 is 0 Å². The molecule has 7 nitrogen and oxygen atoms in total. The maximum Gasteiger partial charge on any atom is 0.217 e. The number of hydrogen-bond acceptors (Lipinski definition) is 6. The summed E-state index contributed by atoms with van der Waals surface area (Å²) in [6.07, 6.45) is 2.12. The number of benzene rings is 1. The molecule has 0 radical (unpaired) electrons. The van der Waals surface area contributed by atoms with Crippen LogP contribution in [-0.4, -0.2) is 51.4 Å². The SMILES string of the molecule is COCC1CCCN1n1c(O)cc(Cc2ccc(O)cc2O)c1O. The van der Waals surface area contributed by atoms with Crippen LogP contribution >= 0.6 is 0 Å². The van der Waals surface area contributed by atoms with E-state index in [0.29, 0.717) is 24.3 Å². The van der Waals surface area contributed by atoms with Gasteiger partial charge < -0.3 is 30.2 Å². The van der Waals surface area contributed by atoms with Crippen molar-refractivity contribution in [1.82, 2.24) is 4.68 Å². The van der Waals surface area contributed by atoms with Gasteiger partial charge in [0.05, 0.1) is 12.6 Å². The number of aromatic hydroxyl groups is 4. The molecule has 1 aromatic heterocycles. The Balaban J connectivity index is 1.89. The van der Waals surface area contributed by atoms with Gasteiger partial charge in [0.2, 0.25) is 11.8 Å². The molecule has 4 N–H and O–H groups in total. The topological polar surface area (TPSA) is 98.3 Å². The Labute approximate surface area is 139 Å². The molecular formula is C17H22N2O5. The third-order valence-corrected chi connectivity index (χ3v) is 4.42. The number of aromatic nitrogens is 1. The fraction of sp³-hybridized carbons (Fsp3) is 0.412. The highest BCUT2D eigenvalue weighted by molar-refractivity contribution is 5.46. The van der Waals surface area contributed by atoms with E-state index in [1.54, 1.807) is 13.2 Å². The van der Waals surface area contributed by atoms with Gasteiger partial charge >= 0.3 is 0 Å². The number of rotatable bonds is 5. The molecule has 1 atom stereocenters. The highest BCUT2D eigenvalue weighted by Crippen LogP contribution is 2.34. The molecule has 1 aromatic carbocycles. The second-order valence-corrected chi connectivity index (χ2v) is 6.07. The van der Waals surface area contributed by atoms with E-state index in [9.17, 15) is 20.4 Å². The number of nitrogens with zero attached hydrogens (tertiary/aromatic N) is 2. The molecule has 1 aliphatic rings. The van der Waals surface area contributed by atoms with Crippen LogP contribution in [0, 0.1) is 0 Å². The molecule has 1 unspecified atom stereocenters. The summed E-state index contributed by atoms with van der Waals surface area (Å²) in [5.41, 5.74) is 1.05. The lowest BCUT2D eigenvalue weighted by Crippen LogP contribution is -2.41. The van der Waals surface area contributed by atoms with Crippen molar-refractivity contribution in [3.63, 3.8) is 0 Å². The van der Waals surface area contributed by atoms with E-state index in [1.165, 1.54) is 22.9 Å². The van der Waals surface area contributed by atoms with Crippen molar-refractivity contribution in [2.24, 2.45) is 0 Å². The van der Waals surface area contributed by atoms with Crippen molar-refractivity contribution in [3.8, 4) is 23.3 Å². The molecule has 1 saturated heterocycles. The lowest BCUT2D eigenvalue weighted by molar-refractivity contribution is 0.171. The molecule has 3 rings (SSSR count). The van der Waals surface area contributed by atoms with Crippen molar-refractivity contribution in [2.75, 3.05) is 25.3 Å².